The summed E-state index contributed by atoms with van der Waals surface area (Å²) in [5, 5.41) is 11.3. The summed E-state index contributed by atoms with van der Waals surface area (Å²) in [6.45, 7) is 3.84. The molecule has 2 fully saturated rings. The van der Waals surface area contributed by atoms with E-state index in [2.05, 4.69) is 35.4 Å². The number of amides is 4. The van der Waals surface area contributed by atoms with Crippen LogP contribution in [0.5, 0.6) is 5.88 Å². The van der Waals surface area contributed by atoms with Crippen molar-refractivity contribution in [2.24, 2.45) is 5.92 Å². The molecule has 1 aliphatic carbocycles. The van der Waals surface area contributed by atoms with Gasteiger partial charge in [0.05, 0.1) is 24.9 Å². The lowest BCUT2D eigenvalue weighted by Gasteiger charge is -2.36. The van der Waals surface area contributed by atoms with E-state index in [1.807, 2.05) is 7.05 Å². The number of pyridine rings is 1. The zero-order valence-electron chi connectivity index (χ0n) is 29.2. The third-order valence-electron chi connectivity index (χ3n) is 9.67. The average Bonchev–Trinajstić information content (AvgIpc) is 3.55. The zero-order chi connectivity index (χ0) is 37.4. The normalized spacial score (nSPS) is 17.7. The van der Waals surface area contributed by atoms with Crippen LogP contribution in [-0.4, -0.2) is 100 Å². The first-order chi connectivity index (χ1) is 24.9. The summed E-state index contributed by atoms with van der Waals surface area (Å²) >= 11 is 0.896. The number of hydrogen-bond acceptors (Lipinski definition) is 10. The van der Waals surface area contributed by atoms with E-state index in [0.29, 0.717) is 39.0 Å². The Morgan fingerprint density at radius 2 is 1.69 bits per heavy atom. The van der Waals surface area contributed by atoms with Crippen LogP contribution in [0.2, 0.25) is 0 Å². The van der Waals surface area contributed by atoms with Crippen LogP contribution in [0.25, 0.3) is 0 Å². The fourth-order valence-electron chi connectivity index (χ4n) is 6.63. The molecular formula is C35H43F3N8O5S. The van der Waals surface area contributed by atoms with Gasteiger partial charge in [0.15, 0.2) is 0 Å². The molecule has 0 spiro atoms. The highest BCUT2D eigenvalue weighted by molar-refractivity contribution is 7.07. The second kappa shape index (κ2) is 17.3. The molecule has 1 saturated carbocycles. The van der Waals surface area contributed by atoms with E-state index in [0.717, 1.165) is 55.5 Å². The van der Waals surface area contributed by atoms with Gasteiger partial charge >= 0.3 is 5.92 Å². The molecule has 0 bridgehead atoms. The number of rotatable bonds is 12. The van der Waals surface area contributed by atoms with Crippen LogP contribution in [0.15, 0.2) is 42.7 Å². The highest BCUT2D eigenvalue weighted by Gasteiger charge is 2.44. The van der Waals surface area contributed by atoms with Crippen LogP contribution >= 0.6 is 11.5 Å². The maximum absolute atomic E-state index is 15.9. The van der Waals surface area contributed by atoms with Gasteiger partial charge in [0, 0.05) is 50.0 Å². The number of alkyl halides is 2. The lowest BCUT2D eigenvalue weighted by atomic mass is 9.89. The monoisotopic (exact) mass is 744 g/mol. The summed E-state index contributed by atoms with van der Waals surface area (Å²) < 4.78 is 55.3. The highest BCUT2D eigenvalue weighted by Crippen LogP contribution is 2.32. The SMILES string of the molecule is COc1ccc(C(F)(F)C(=O)N[C@H](C(=O)Nc2ccc([C@H](C(=O)N3CCN(C)CC3)[C@@H](C)NC(=O)c3cnns3)cc2F)C2CCCCCC2)cn1. The molecule has 3 atom stereocenters. The molecule has 4 amide bonds. The van der Waals surface area contributed by atoms with Gasteiger partial charge in [-0.25, -0.2) is 9.37 Å². The minimum absolute atomic E-state index is 0.0893. The van der Waals surface area contributed by atoms with Crippen LogP contribution in [0.4, 0.5) is 18.9 Å². The van der Waals surface area contributed by atoms with Gasteiger partial charge in [-0.05, 0) is 68.0 Å². The van der Waals surface area contributed by atoms with E-state index in [1.165, 1.54) is 31.5 Å². The van der Waals surface area contributed by atoms with E-state index in [-0.39, 0.29) is 27.9 Å². The Morgan fingerprint density at radius 3 is 2.29 bits per heavy atom. The largest absolute Gasteiger partial charge is 0.481 e. The molecule has 3 aromatic rings. The first-order valence-corrected chi connectivity index (χ1v) is 18.0. The van der Waals surface area contributed by atoms with Crippen molar-refractivity contribution in [2.75, 3.05) is 45.7 Å². The van der Waals surface area contributed by atoms with Gasteiger partial charge in [0.1, 0.15) is 16.7 Å². The molecule has 3 N–H and O–H groups in total. The lowest BCUT2D eigenvalue weighted by molar-refractivity contribution is -0.149. The van der Waals surface area contributed by atoms with Crippen molar-refractivity contribution in [3.05, 3.63) is 64.5 Å². The van der Waals surface area contributed by atoms with Gasteiger partial charge in [0.2, 0.25) is 17.7 Å². The molecule has 0 radical (unpaired) electrons. The molecule has 2 aromatic heterocycles. The van der Waals surface area contributed by atoms with Crippen molar-refractivity contribution in [1.82, 2.24) is 35.0 Å². The number of carbonyl (C=O) groups excluding carboxylic acids is 4. The molecule has 280 valence electrons. The standard InChI is InChI=1S/C35H43F3N8O5S/c1-21(41-31(47)27-20-40-44-52-27)29(33(49)46-16-14-45(2)15-17-46)23-10-12-26(25(36)18-23)42-32(48)30(22-8-6-4-5-7-9-22)43-34(50)35(37,38)24-11-13-28(51-3)39-19-24/h10-13,18-22,29-30H,4-9,14-17H2,1-3H3,(H,41,47)(H,42,48)(H,43,50)/t21-,29-,30+/m1/s1. The first-order valence-electron chi connectivity index (χ1n) is 17.2. The maximum atomic E-state index is 15.9. The Kier molecular flexibility index (Phi) is 12.8. The molecule has 2 aliphatic rings. The number of halogens is 3. The Labute approximate surface area is 303 Å². The number of likely N-dealkylation sites (N-methyl/N-ethyl adjacent to an activating group) is 1. The minimum Gasteiger partial charge on any atom is -0.481 e. The van der Waals surface area contributed by atoms with Crippen LogP contribution in [-0.2, 0) is 20.3 Å². The number of nitrogens with zero attached hydrogens (tertiary/aromatic N) is 5. The summed E-state index contributed by atoms with van der Waals surface area (Å²) in [6, 6.07) is 3.96. The maximum Gasteiger partial charge on any atom is 0.351 e. The third kappa shape index (κ3) is 9.23. The van der Waals surface area contributed by atoms with Crippen LogP contribution < -0.4 is 20.7 Å². The smallest absolute Gasteiger partial charge is 0.351 e. The second-order valence-electron chi connectivity index (χ2n) is 13.2. The van der Waals surface area contributed by atoms with E-state index in [1.54, 1.807) is 11.8 Å². The molecule has 3 heterocycles. The Bertz CT molecular complexity index is 1700. The fraction of sp³-hybridized carbons (Fsp3) is 0.514. The second-order valence-corrected chi connectivity index (χ2v) is 14.0. The lowest BCUT2D eigenvalue weighted by Crippen LogP contribution is -2.52. The number of piperazine rings is 1. The average molecular weight is 745 g/mol. The molecule has 0 unspecified atom stereocenters. The number of anilines is 1. The van der Waals surface area contributed by atoms with Crippen LogP contribution in [0.3, 0.4) is 0 Å². The summed E-state index contributed by atoms with van der Waals surface area (Å²) in [5.41, 5.74) is -0.677. The van der Waals surface area contributed by atoms with Gasteiger partial charge < -0.3 is 30.5 Å². The Balaban J connectivity index is 1.38. The van der Waals surface area contributed by atoms with Crippen molar-refractivity contribution in [1.29, 1.82) is 0 Å². The zero-order valence-corrected chi connectivity index (χ0v) is 30.1. The van der Waals surface area contributed by atoms with Gasteiger partial charge in [-0.1, -0.05) is 36.2 Å². The first kappa shape index (κ1) is 38.6. The summed E-state index contributed by atoms with van der Waals surface area (Å²) in [7, 11) is 3.28. The number of carbonyl (C=O) groups is 4. The Hall–Kier alpha value is -4.64. The van der Waals surface area contributed by atoms with Crippen LogP contribution in [0, 0.1) is 11.7 Å². The molecule has 1 aliphatic heterocycles. The topological polar surface area (TPSA) is 159 Å². The van der Waals surface area contributed by atoms with Crippen molar-refractivity contribution in [2.45, 2.75) is 69.4 Å². The van der Waals surface area contributed by atoms with E-state index in [9.17, 15) is 19.2 Å². The number of aromatic nitrogens is 3. The molecule has 52 heavy (non-hydrogen) atoms. The van der Waals surface area contributed by atoms with Crippen LogP contribution in [0.1, 0.15) is 72.2 Å². The third-order valence-corrected chi connectivity index (χ3v) is 10.3. The predicted molar refractivity (Wildman–Crippen MR) is 186 cm³/mol. The van der Waals surface area contributed by atoms with E-state index < -0.39 is 58.9 Å². The van der Waals surface area contributed by atoms with E-state index >= 15 is 13.2 Å². The fourth-order valence-corrected chi connectivity index (χ4v) is 7.04. The number of ether oxygens (including phenoxy) is 1. The predicted octanol–water partition coefficient (Wildman–Crippen LogP) is 3.94. The highest BCUT2D eigenvalue weighted by atomic mass is 32.1. The quantitative estimate of drug-likeness (QED) is 0.234. The summed E-state index contributed by atoms with van der Waals surface area (Å²) in [6.07, 6.45) is 6.43. The van der Waals surface area contributed by atoms with Gasteiger partial charge in [-0.3, -0.25) is 19.2 Å². The molecular weight excluding hydrogens is 701 g/mol. The molecule has 5 rings (SSSR count). The van der Waals surface area contributed by atoms with Gasteiger partial charge in [0.25, 0.3) is 11.8 Å². The number of nitrogens with one attached hydrogen (secondary N) is 3. The molecule has 13 nitrogen and oxygen atoms in total. The number of methoxy groups -OCH3 is 1. The molecule has 17 heteroatoms. The van der Waals surface area contributed by atoms with Gasteiger partial charge in [-0.15, -0.1) is 5.10 Å². The minimum atomic E-state index is -4.02. The van der Waals surface area contributed by atoms with E-state index in [4.69, 9.17) is 4.74 Å². The summed E-state index contributed by atoms with van der Waals surface area (Å²) in [5.74, 6) is -9.59. The Morgan fingerprint density at radius 1 is 0.981 bits per heavy atom. The molecule has 1 aromatic carbocycles. The van der Waals surface area contributed by atoms with Crippen molar-refractivity contribution in [3.63, 3.8) is 0 Å². The van der Waals surface area contributed by atoms with Crippen molar-refractivity contribution < 1.29 is 37.1 Å². The van der Waals surface area contributed by atoms with Crippen molar-refractivity contribution >= 4 is 40.8 Å². The number of benzene rings is 1. The number of hydrogen-bond donors (Lipinski definition) is 3. The van der Waals surface area contributed by atoms with Crippen molar-refractivity contribution in [3.8, 4) is 5.88 Å². The van der Waals surface area contributed by atoms with Gasteiger partial charge in [-0.2, -0.15) is 8.78 Å². The summed E-state index contributed by atoms with van der Waals surface area (Å²) in [4.78, 5) is 61.4. The molecule has 1 saturated heterocycles.